The van der Waals surface area contributed by atoms with Crippen LogP contribution in [0.1, 0.15) is 36.3 Å². The first-order chi connectivity index (χ1) is 13.1. The number of nitrogens with one attached hydrogen (secondary N) is 1. The Morgan fingerprint density at radius 3 is 2.59 bits per heavy atom. The van der Waals surface area contributed by atoms with Crippen molar-refractivity contribution < 1.29 is 0 Å². The second-order valence-corrected chi connectivity index (χ2v) is 6.68. The van der Waals surface area contributed by atoms with Crippen LogP contribution in [0.3, 0.4) is 0 Å². The van der Waals surface area contributed by atoms with E-state index in [4.69, 9.17) is 0 Å². The highest BCUT2D eigenvalue weighted by Crippen LogP contribution is 2.29. The summed E-state index contributed by atoms with van der Waals surface area (Å²) < 4.78 is 3.68. The molecule has 0 fully saturated rings. The van der Waals surface area contributed by atoms with Gasteiger partial charge in [0.05, 0.1) is 17.4 Å². The third-order valence-electron chi connectivity index (χ3n) is 4.97. The van der Waals surface area contributed by atoms with Gasteiger partial charge in [0.2, 0.25) is 0 Å². The molecule has 0 aliphatic rings. The second kappa shape index (κ2) is 6.83. The van der Waals surface area contributed by atoms with Crippen molar-refractivity contribution in [1.82, 2.24) is 29.4 Å². The van der Waals surface area contributed by atoms with Gasteiger partial charge in [-0.2, -0.15) is 19.7 Å². The Bertz CT molecular complexity index is 1080. The maximum atomic E-state index is 4.64. The molecule has 0 aliphatic carbocycles. The number of aromatic nitrogens is 6. The summed E-state index contributed by atoms with van der Waals surface area (Å²) in [5.74, 6) is 1.44. The Hall–Kier alpha value is -3.22. The molecule has 4 aromatic rings. The average Bonchev–Trinajstić information content (AvgIpc) is 3.25. The molecule has 27 heavy (non-hydrogen) atoms. The summed E-state index contributed by atoms with van der Waals surface area (Å²) in [7, 11) is 1.98. The van der Waals surface area contributed by atoms with Crippen molar-refractivity contribution in [2.75, 3.05) is 5.32 Å². The highest BCUT2D eigenvalue weighted by atomic mass is 15.4. The van der Waals surface area contributed by atoms with E-state index >= 15 is 0 Å². The zero-order valence-electron chi connectivity index (χ0n) is 16.0. The summed E-state index contributed by atoms with van der Waals surface area (Å²) in [5.41, 5.74) is 5.35. The normalized spacial score (nSPS) is 12.4. The third-order valence-corrected chi connectivity index (χ3v) is 4.97. The van der Waals surface area contributed by atoms with E-state index in [1.165, 1.54) is 17.6 Å². The molecule has 0 radical (unpaired) electrons. The van der Waals surface area contributed by atoms with Crippen LogP contribution in [0.25, 0.3) is 17.0 Å². The molecule has 0 saturated heterocycles. The van der Waals surface area contributed by atoms with Crippen LogP contribution in [0.4, 0.5) is 5.82 Å². The summed E-state index contributed by atoms with van der Waals surface area (Å²) in [6, 6.07) is 12.3. The Kier molecular flexibility index (Phi) is 4.35. The molecule has 138 valence electrons. The zero-order valence-corrected chi connectivity index (χ0v) is 16.0. The molecule has 3 heterocycles. The number of benzene rings is 1. The van der Waals surface area contributed by atoms with Crippen LogP contribution >= 0.6 is 0 Å². The number of hydrogen-bond acceptors (Lipinski definition) is 5. The van der Waals surface area contributed by atoms with Crippen LogP contribution < -0.4 is 5.32 Å². The van der Waals surface area contributed by atoms with Gasteiger partial charge in [-0.3, -0.25) is 4.68 Å². The van der Waals surface area contributed by atoms with E-state index in [9.17, 15) is 0 Å². The Labute approximate surface area is 158 Å². The summed E-state index contributed by atoms with van der Waals surface area (Å²) in [4.78, 5) is 8.94. The van der Waals surface area contributed by atoms with Gasteiger partial charge in [0.1, 0.15) is 12.1 Å². The highest BCUT2D eigenvalue weighted by Gasteiger charge is 2.20. The van der Waals surface area contributed by atoms with Gasteiger partial charge < -0.3 is 5.32 Å². The van der Waals surface area contributed by atoms with E-state index in [0.29, 0.717) is 5.78 Å². The molecule has 0 aliphatic heterocycles. The van der Waals surface area contributed by atoms with E-state index in [1.54, 1.807) is 4.52 Å². The van der Waals surface area contributed by atoms with E-state index < -0.39 is 0 Å². The van der Waals surface area contributed by atoms with Crippen LogP contribution in [0.2, 0.25) is 0 Å². The van der Waals surface area contributed by atoms with E-state index in [1.807, 2.05) is 48.1 Å². The molecular formula is C20H23N7. The first-order valence-corrected chi connectivity index (χ1v) is 9.11. The standard InChI is InChI=1S/C20H23N7/c1-5-16(19-13(2)25-26(4)14(19)3)23-18-11-17(15-9-7-6-8-10-15)24-20-21-12-22-27(18)20/h6-12,16,23H,5H2,1-4H3. The predicted molar refractivity (Wildman–Crippen MR) is 106 cm³/mol. The number of rotatable bonds is 5. The number of aryl methyl sites for hydroxylation is 2. The van der Waals surface area contributed by atoms with Crippen LogP contribution in [-0.2, 0) is 7.05 Å². The lowest BCUT2D eigenvalue weighted by Crippen LogP contribution is -2.15. The van der Waals surface area contributed by atoms with E-state index in [-0.39, 0.29) is 6.04 Å². The maximum absolute atomic E-state index is 4.64. The lowest BCUT2D eigenvalue weighted by Gasteiger charge is -2.20. The minimum Gasteiger partial charge on any atom is -0.363 e. The van der Waals surface area contributed by atoms with Gasteiger partial charge >= 0.3 is 0 Å². The quantitative estimate of drug-likeness (QED) is 0.587. The lowest BCUT2D eigenvalue weighted by molar-refractivity contribution is 0.710. The minimum absolute atomic E-state index is 0.122. The number of anilines is 1. The smallest absolute Gasteiger partial charge is 0.254 e. The molecule has 0 saturated carbocycles. The monoisotopic (exact) mass is 361 g/mol. The SMILES string of the molecule is CCC(Nc1cc(-c2ccccc2)nc2ncnn12)c1c(C)nn(C)c1C. The first kappa shape index (κ1) is 17.2. The Balaban J connectivity index is 1.79. The van der Waals surface area contributed by atoms with Gasteiger partial charge in [0, 0.05) is 29.9 Å². The molecule has 7 nitrogen and oxygen atoms in total. The highest BCUT2D eigenvalue weighted by molar-refractivity contribution is 5.65. The van der Waals surface area contributed by atoms with Gasteiger partial charge in [0.15, 0.2) is 0 Å². The fourth-order valence-electron chi connectivity index (χ4n) is 3.52. The molecule has 1 atom stereocenters. The fraction of sp³-hybridized carbons (Fsp3) is 0.300. The first-order valence-electron chi connectivity index (χ1n) is 9.11. The topological polar surface area (TPSA) is 72.9 Å². The molecule has 1 unspecified atom stereocenters. The van der Waals surface area contributed by atoms with E-state index in [0.717, 1.165) is 29.2 Å². The van der Waals surface area contributed by atoms with Gasteiger partial charge in [-0.15, -0.1) is 0 Å². The van der Waals surface area contributed by atoms with Crippen molar-refractivity contribution in [1.29, 1.82) is 0 Å². The summed E-state index contributed by atoms with van der Waals surface area (Å²) in [5, 5.41) is 12.6. The minimum atomic E-state index is 0.122. The summed E-state index contributed by atoms with van der Waals surface area (Å²) >= 11 is 0. The molecule has 1 N–H and O–H groups in total. The molecule has 3 aromatic heterocycles. The van der Waals surface area contributed by atoms with Crippen LogP contribution in [0, 0.1) is 13.8 Å². The molecular weight excluding hydrogens is 338 g/mol. The molecule has 4 rings (SSSR count). The van der Waals surface area contributed by atoms with Crippen molar-refractivity contribution in [2.24, 2.45) is 7.05 Å². The van der Waals surface area contributed by atoms with Crippen LogP contribution in [0.15, 0.2) is 42.7 Å². The zero-order chi connectivity index (χ0) is 19.0. The van der Waals surface area contributed by atoms with Gasteiger partial charge in [0.25, 0.3) is 5.78 Å². The Morgan fingerprint density at radius 1 is 1.15 bits per heavy atom. The largest absolute Gasteiger partial charge is 0.363 e. The molecule has 1 aromatic carbocycles. The van der Waals surface area contributed by atoms with E-state index in [2.05, 4.69) is 46.3 Å². The maximum Gasteiger partial charge on any atom is 0.254 e. The van der Waals surface area contributed by atoms with Gasteiger partial charge in [-0.1, -0.05) is 37.3 Å². The summed E-state index contributed by atoms with van der Waals surface area (Å²) in [6.45, 7) is 6.33. The van der Waals surface area contributed by atoms with Crippen molar-refractivity contribution >= 4 is 11.6 Å². The molecule has 0 spiro atoms. The van der Waals surface area contributed by atoms with Crippen molar-refractivity contribution in [3.8, 4) is 11.3 Å². The number of nitrogens with zero attached hydrogens (tertiary/aromatic N) is 6. The van der Waals surface area contributed by atoms with Crippen molar-refractivity contribution in [3.05, 3.63) is 59.7 Å². The summed E-state index contributed by atoms with van der Waals surface area (Å²) in [6.07, 6.45) is 2.45. The second-order valence-electron chi connectivity index (χ2n) is 6.68. The van der Waals surface area contributed by atoms with Crippen molar-refractivity contribution in [3.63, 3.8) is 0 Å². The fourth-order valence-corrected chi connectivity index (χ4v) is 3.52. The van der Waals surface area contributed by atoms with Crippen LogP contribution in [0.5, 0.6) is 0 Å². The third kappa shape index (κ3) is 3.05. The molecule has 0 amide bonds. The molecule has 7 heteroatoms. The van der Waals surface area contributed by atoms with Crippen LogP contribution in [-0.4, -0.2) is 29.4 Å². The van der Waals surface area contributed by atoms with Gasteiger partial charge in [-0.25, -0.2) is 4.98 Å². The number of hydrogen-bond donors (Lipinski definition) is 1. The predicted octanol–water partition coefficient (Wildman–Crippen LogP) is 3.70. The van der Waals surface area contributed by atoms with Gasteiger partial charge in [-0.05, 0) is 20.3 Å². The number of fused-ring (bicyclic) bond motifs is 1. The molecule has 0 bridgehead atoms. The van der Waals surface area contributed by atoms with Crippen molar-refractivity contribution in [2.45, 2.75) is 33.2 Å². The Morgan fingerprint density at radius 2 is 1.93 bits per heavy atom. The average molecular weight is 361 g/mol. The lowest BCUT2D eigenvalue weighted by atomic mass is 10.0.